The molecule has 136 valence electrons. The number of benzene rings is 2. The minimum absolute atomic E-state index is 0.105. The van der Waals surface area contributed by atoms with Crippen molar-refractivity contribution in [2.45, 2.75) is 34.1 Å². The van der Waals surface area contributed by atoms with Crippen LogP contribution in [0.1, 0.15) is 40.4 Å². The molecule has 2 rings (SSSR count). The Morgan fingerprint density at radius 3 is 2.19 bits per heavy atom. The fraction of sp³-hybridized carbons (Fsp3) is 0.250. The minimum Gasteiger partial charge on any atom is -0.325 e. The number of carbonyl (C=O) groups excluding carboxylic acids is 2. The second-order valence-electron chi connectivity index (χ2n) is 6.29. The molecule has 0 saturated heterocycles. The first-order valence-electron chi connectivity index (χ1n) is 8.23. The molecule has 0 spiro atoms. The molecule has 0 unspecified atom stereocenters. The van der Waals surface area contributed by atoms with E-state index in [1.807, 2.05) is 32.9 Å². The third-order valence-electron chi connectivity index (χ3n) is 3.81. The van der Waals surface area contributed by atoms with Crippen LogP contribution in [0.25, 0.3) is 0 Å². The molecule has 0 saturated carbocycles. The Kier molecular flexibility index (Phi) is 6.69. The lowest BCUT2D eigenvalue weighted by atomic mass is 10.0. The number of halogens is 1. The highest BCUT2D eigenvalue weighted by Crippen LogP contribution is 2.22. The van der Waals surface area contributed by atoms with Crippen molar-refractivity contribution in [2.75, 3.05) is 5.32 Å². The van der Waals surface area contributed by atoms with Crippen molar-refractivity contribution in [3.8, 4) is 0 Å². The largest absolute Gasteiger partial charge is 0.325 e. The van der Waals surface area contributed by atoms with Crippen molar-refractivity contribution in [1.29, 1.82) is 0 Å². The first kappa shape index (κ1) is 19.8. The van der Waals surface area contributed by atoms with Gasteiger partial charge in [-0.25, -0.2) is 5.43 Å². The van der Waals surface area contributed by atoms with Crippen molar-refractivity contribution in [3.05, 3.63) is 63.1 Å². The third kappa shape index (κ3) is 5.52. The van der Waals surface area contributed by atoms with Crippen molar-refractivity contribution in [1.82, 2.24) is 5.43 Å². The van der Waals surface area contributed by atoms with Gasteiger partial charge in [-0.15, -0.1) is 0 Å². The first-order valence-corrected chi connectivity index (χ1v) is 9.02. The van der Waals surface area contributed by atoms with Gasteiger partial charge < -0.3 is 5.32 Å². The van der Waals surface area contributed by atoms with Crippen LogP contribution in [0.3, 0.4) is 0 Å². The normalized spacial score (nSPS) is 11.2. The van der Waals surface area contributed by atoms with E-state index in [1.54, 1.807) is 31.2 Å². The van der Waals surface area contributed by atoms with Gasteiger partial charge in [0.15, 0.2) is 0 Å². The number of hydrogen-bond donors (Lipinski definition) is 2. The highest BCUT2D eigenvalue weighted by molar-refractivity contribution is 9.10. The molecule has 2 N–H and O–H groups in total. The summed E-state index contributed by atoms with van der Waals surface area (Å²) in [6.07, 6.45) is 0.105. The molecule has 0 bridgehead atoms. The zero-order valence-corrected chi connectivity index (χ0v) is 16.9. The summed E-state index contributed by atoms with van der Waals surface area (Å²) >= 11 is 3.32. The summed E-state index contributed by atoms with van der Waals surface area (Å²) in [4.78, 5) is 24.3. The molecular formula is C20H22BrN3O2. The standard InChI is InChI=1S/C20H22BrN3O2/c1-12-9-13(2)19(14(3)10-12)22-18(25)11-15(4)23-24-20(26)16-5-7-17(21)8-6-16/h5-10H,11H2,1-4H3,(H,22,25)(H,24,26)/b23-15-. The van der Waals surface area contributed by atoms with Crippen molar-refractivity contribution in [3.63, 3.8) is 0 Å². The van der Waals surface area contributed by atoms with Gasteiger partial charge in [0, 0.05) is 21.4 Å². The maximum Gasteiger partial charge on any atom is 0.271 e. The number of amides is 2. The van der Waals surface area contributed by atoms with Crippen molar-refractivity contribution >= 4 is 39.1 Å². The monoisotopic (exact) mass is 415 g/mol. The summed E-state index contributed by atoms with van der Waals surface area (Å²) < 4.78 is 0.895. The maximum absolute atomic E-state index is 12.3. The summed E-state index contributed by atoms with van der Waals surface area (Å²) in [6, 6.07) is 11.0. The fourth-order valence-corrected chi connectivity index (χ4v) is 2.91. The number of rotatable bonds is 5. The Morgan fingerprint density at radius 2 is 1.62 bits per heavy atom. The Balaban J connectivity index is 1.95. The van der Waals surface area contributed by atoms with Crippen LogP contribution < -0.4 is 10.7 Å². The topological polar surface area (TPSA) is 70.6 Å². The van der Waals surface area contributed by atoms with Crippen LogP contribution >= 0.6 is 15.9 Å². The Labute approximate surface area is 162 Å². The predicted molar refractivity (Wildman–Crippen MR) is 109 cm³/mol. The third-order valence-corrected chi connectivity index (χ3v) is 4.34. The molecule has 0 fully saturated rings. The van der Waals surface area contributed by atoms with E-state index in [4.69, 9.17) is 0 Å². The average Bonchev–Trinajstić information content (AvgIpc) is 2.56. The molecule has 6 heteroatoms. The van der Waals surface area contributed by atoms with Crippen molar-refractivity contribution in [2.24, 2.45) is 5.10 Å². The molecule has 0 heterocycles. The maximum atomic E-state index is 12.3. The molecule has 0 aromatic heterocycles. The number of aryl methyl sites for hydroxylation is 3. The van der Waals surface area contributed by atoms with Crippen LogP contribution in [0.2, 0.25) is 0 Å². The highest BCUT2D eigenvalue weighted by atomic mass is 79.9. The van der Waals surface area contributed by atoms with Gasteiger partial charge in [0.25, 0.3) is 5.91 Å². The lowest BCUT2D eigenvalue weighted by molar-refractivity contribution is -0.115. The van der Waals surface area contributed by atoms with Crippen LogP contribution in [0, 0.1) is 20.8 Å². The van der Waals surface area contributed by atoms with Gasteiger partial charge in [0.05, 0.1) is 6.42 Å². The molecule has 0 aliphatic heterocycles. The number of anilines is 1. The van der Waals surface area contributed by atoms with Gasteiger partial charge in [-0.1, -0.05) is 33.6 Å². The Morgan fingerprint density at radius 1 is 1.04 bits per heavy atom. The predicted octanol–water partition coefficient (Wildman–Crippen LogP) is 4.51. The quantitative estimate of drug-likeness (QED) is 0.556. The second-order valence-corrected chi connectivity index (χ2v) is 7.21. The number of hydrogen-bond acceptors (Lipinski definition) is 3. The van der Waals surface area contributed by atoms with Crippen molar-refractivity contribution < 1.29 is 9.59 Å². The lowest BCUT2D eigenvalue weighted by Gasteiger charge is -2.12. The van der Waals surface area contributed by atoms with Crippen LogP contribution in [-0.4, -0.2) is 17.5 Å². The first-order chi connectivity index (χ1) is 12.3. The molecule has 5 nitrogen and oxygen atoms in total. The number of carbonyl (C=O) groups is 2. The van der Waals surface area contributed by atoms with Gasteiger partial charge in [0.2, 0.25) is 5.91 Å². The summed E-state index contributed by atoms with van der Waals surface area (Å²) in [5, 5.41) is 6.93. The van der Waals surface area contributed by atoms with E-state index in [9.17, 15) is 9.59 Å². The minimum atomic E-state index is -0.317. The molecule has 0 radical (unpaired) electrons. The van der Waals surface area contributed by atoms with Crippen LogP contribution in [0.15, 0.2) is 46.0 Å². The van der Waals surface area contributed by atoms with E-state index in [1.165, 1.54) is 0 Å². The number of hydrazone groups is 1. The van der Waals surface area contributed by atoms with E-state index in [-0.39, 0.29) is 18.2 Å². The van der Waals surface area contributed by atoms with E-state index < -0.39 is 0 Å². The summed E-state index contributed by atoms with van der Waals surface area (Å²) in [5.41, 5.74) is 7.52. The summed E-state index contributed by atoms with van der Waals surface area (Å²) in [7, 11) is 0. The zero-order chi connectivity index (χ0) is 19.3. The summed E-state index contributed by atoms with van der Waals surface area (Å²) in [6.45, 7) is 7.66. The zero-order valence-electron chi connectivity index (χ0n) is 15.3. The molecule has 0 aliphatic rings. The van der Waals surface area contributed by atoms with Crippen LogP contribution in [0.5, 0.6) is 0 Å². The number of nitrogens with one attached hydrogen (secondary N) is 2. The summed E-state index contributed by atoms with van der Waals surface area (Å²) in [5.74, 6) is -0.485. The molecule has 2 aromatic rings. The van der Waals surface area contributed by atoms with E-state index in [2.05, 4.69) is 31.8 Å². The molecule has 26 heavy (non-hydrogen) atoms. The average molecular weight is 416 g/mol. The smallest absolute Gasteiger partial charge is 0.271 e. The number of nitrogens with zero attached hydrogens (tertiary/aromatic N) is 1. The second kappa shape index (κ2) is 8.76. The Bertz CT molecular complexity index is 835. The van der Waals surface area contributed by atoms with Gasteiger partial charge >= 0.3 is 0 Å². The SMILES string of the molecule is C/C(CC(=O)Nc1c(C)cc(C)cc1C)=N/NC(=O)c1ccc(Br)cc1. The van der Waals surface area contributed by atoms with Gasteiger partial charge in [-0.3, -0.25) is 9.59 Å². The van der Waals surface area contributed by atoms with Gasteiger partial charge in [0.1, 0.15) is 0 Å². The highest BCUT2D eigenvalue weighted by Gasteiger charge is 2.10. The van der Waals surface area contributed by atoms with E-state index in [0.717, 1.165) is 26.9 Å². The van der Waals surface area contributed by atoms with Gasteiger partial charge in [-0.2, -0.15) is 5.10 Å². The van der Waals surface area contributed by atoms with E-state index in [0.29, 0.717) is 11.3 Å². The van der Waals surface area contributed by atoms with Crippen LogP contribution in [0.4, 0.5) is 5.69 Å². The lowest BCUT2D eigenvalue weighted by Crippen LogP contribution is -2.21. The van der Waals surface area contributed by atoms with E-state index >= 15 is 0 Å². The molecule has 2 amide bonds. The fourth-order valence-electron chi connectivity index (χ4n) is 2.64. The molecule has 2 aromatic carbocycles. The molecule has 0 atom stereocenters. The van der Waals surface area contributed by atoms with Crippen LogP contribution in [-0.2, 0) is 4.79 Å². The van der Waals surface area contributed by atoms with Gasteiger partial charge in [-0.05, 0) is 63.1 Å². The molecular weight excluding hydrogens is 394 g/mol. The molecule has 0 aliphatic carbocycles. The Hall–Kier alpha value is -2.47.